The molecule has 0 aliphatic carbocycles. The highest BCUT2D eigenvalue weighted by Gasteiger charge is 2.00. The fraction of sp³-hybridized carbons (Fsp3) is 1.00. The molecule has 0 rings (SSSR count). The quantitative estimate of drug-likeness (QED) is 0.519. The second-order valence-corrected chi connectivity index (χ2v) is 2.20. The van der Waals surface area contributed by atoms with E-state index in [1.54, 1.807) is 0 Å². The maximum absolute atomic E-state index is 9.13. The second-order valence-electron chi connectivity index (χ2n) is 2.20. The second kappa shape index (κ2) is 6.99. The monoisotopic (exact) mass is 147 g/mol. The number of nitrogens with one attached hydrogen (secondary N) is 1. The SMILES string of the molecule is CCOCCC(O)CNC. The van der Waals surface area contributed by atoms with Crippen LogP contribution in [0.15, 0.2) is 0 Å². The van der Waals surface area contributed by atoms with Gasteiger partial charge in [-0.2, -0.15) is 0 Å². The summed E-state index contributed by atoms with van der Waals surface area (Å²) in [5, 5.41) is 12.0. The van der Waals surface area contributed by atoms with Crippen LogP contribution >= 0.6 is 0 Å². The molecule has 10 heavy (non-hydrogen) atoms. The van der Waals surface area contributed by atoms with Crippen molar-refractivity contribution in [3.8, 4) is 0 Å². The average molecular weight is 147 g/mol. The minimum Gasteiger partial charge on any atom is -0.392 e. The molecule has 0 saturated heterocycles. The summed E-state index contributed by atoms with van der Waals surface area (Å²) in [4.78, 5) is 0. The Balaban J connectivity index is 2.97. The summed E-state index contributed by atoms with van der Waals surface area (Å²) in [5.74, 6) is 0. The number of hydrogen-bond donors (Lipinski definition) is 2. The van der Waals surface area contributed by atoms with Gasteiger partial charge in [0.2, 0.25) is 0 Å². The van der Waals surface area contributed by atoms with Crippen molar-refractivity contribution in [1.29, 1.82) is 0 Å². The zero-order chi connectivity index (χ0) is 7.82. The molecular formula is C7H17NO2. The summed E-state index contributed by atoms with van der Waals surface area (Å²) in [7, 11) is 1.82. The van der Waals surface area contributed by atoms with Crippen LogP contribution in [0.4, 0.5) is 0 Å². The topological polar surface area (TPSA) is 41.5 Å². The first-order chi connectivity index (χ1) is 4.81. The number of aliphatic hydroxyl groups is 1. The summed E-state index contributed by atoms with van der Waals surface area (Å²) < 4.78 is 5.06. The lowest BCUT2D eigenvalue weighted by molar-refractivity contribution is 0.0891. The van der Waals surface area contributed by atoms with Gasteiger partial charge in [-0.3, -0.25) is 0 Å². The molecule has 0 aliphatic rings. The Bertz CT molecular complexity index is 68.6. The van der Waals surface area contributed by atoms with Crippen molar-refractivity contribution in [2.75, 3.05) is 26.8 Å². The Kier molecular flexibility index (Phi) is 6.91. The van der Waals surface area contributed by atoms with Crippen LogP contribution in [-0.2, 0) is 4.74 Å². The van der Waals surface area contributed by atoms with E-state index in [4.69, 9.17) is 9.84 Å². The summed E-state index contributed by atoms with van der Waals surface area (Å²) in [6.07, 6.45) is 0.450. The van der Waals surface area contributed by atoms with Crippen LogP contribution in [0, 0.1) is 0 Å². The van der Waals surface area contributed by atoms with Crippen molar-refractivity contribution in [2.24, 2.45) is 0 Å². The van der Waals surface area contributed by atoms with E-state index >= 15 is 0 Å². The average Bonchev–Trinajstić information content (AvgIpc) is 1.89. The molecule has 3 heteroatoms. The van der Waals surface area contributed by atoms with Crippen LogP contribution in [0.3, 0.4) is 0 Å². The van der Waals surface area contributed by atoms with E-state index in [1.807, 2.05) is 14.0 Å². The molecule has 1 unspecified atom stereocenters. The van der Waals surface area contributed by atoms with Crippen molar-refractivity contribution in [1.82, 2.24) is 5.32 Å². The predicted molar refractivity (Wildman–Crippen MR) is 41.0 cm³/mol. The lowest BCUT2D eigenvalue weighted by Crippen LogP contribution is -2.24. The van der Waals surface area contributed by atoms with Crippen molar-refractivity contribution in [3.05, 3.63) is 0 Å². The van der Waals surface area contributed by atoms with Crippen molar-refractivity contribution in [3.63, 3.8) is 0 Å². The molecule has 0 aromatic rings. The third-order valence-electron chi connectivity index (χ3n) is 1.24. The first kappa shape index (κ1) is 9.88. The molecule has 0 bridgehead atoms. The summed E-state index contributed by atoms with van der Waals surface area (Å²) in [5.41, 5.74) is 0. The molecule has 2 N–H and O–H groups in total. The molecule has 0 aliphatic heterocycles. The van der Waals surface area contributed by atoms with Gasteiger partial charge in [0.05, 0.1) is 6.10 Å². The summed E-state index contributed by atoms with van der Waals surface area (Å²) in [6.45, 7) is 3.98. The van der Waals surface area contributed by atoms with Gasteiger partial charge in [0.25, 0.3) is 0 Å². The Morgan fingerprint density at radius 2 is 2.30 bits per heavy atom. The lowest BCUT2D eigenvalue weighted by Gasteiger charge is -2.08. The molecule has 0 amide bonds. The highest BCUT2D eigenvalue weighted by atomic mass is 16.5. The van der Waals surface area contributed by atoms with Gasteiger partial charge in [-0.1, -0.05) is 0 Å². The molecule has 0 spiro atoms. The smallest absolute Gasteiger partial charge is 0.0686 e. The van der Waals surface area contributed by atoms with E-state index in [-0.39, 0.29) is 6.10 Å². The Labute approximate surface area is 62.4 Å². The Morgan fingerprint density at radius 3 is 2.80 bits per heavy atom. The van der Waals surface area contributed by atoms with Gasteiger partial charge in [0.15, 0.2) is 0 Å². The number of aliphatic hydroxyl groups excluding tert-OH is 1. The van der Waals surface area contributed by atoms with Gasteiger partial charge < -0.3 is 15.2 Å². The third kappa shape index (κ3) is 6.01. The number of hydrogen-bond acceptors (Lipinski definition) is 3. The van der Waals surface area contributed by atoms with Crippen LogP contribution in [0.1, 0.15) is 13.3 Å². The normalized spacial score (nSPS) is 13.5. The highest BCUT2D eigenvalue weighted by Crippen LogP contribution is 1.89. The van der Waals surface area contributed by atoms with Crippen LogP contribution in [-0.4, -0.2) is 38.0 Å². The van der Waals surface area contributed by atoms with Crippen LogP contribution in [0.25, 0.3) is 0 Å². The first-order valence-corrected chi connectivity index (χ1v) is 3.71. The predicted octanol–water partition coefficient (Wildman–Crippen LogP) is -0.00670. The number of rotatable bonds is 6. The zero-order valence-electron chi connectivity index (χ0n) is 6.76. The van der Waals surface area contributed by atoms with E-state index in [0.29, 0.717) is 19.6 Å². The van der Waals surface area contributed by atoms with E-state index in [1.165, 1.54) is 0 Å². The molecule has 0 aromatic heterocycles. The molecule has 0 radical (unpaired) electrons. The summed E-state index contributed by atoms with van der Waals surface area (Å²) >= 11 is 0. The summed E-state index contributed by atoms with van der Waals surface area (Å²) in [6, 6.07) is 0. The molecule has 0 saturated carbocycles. The van der Waals surface area contributed by atoms with E-state index in [2.05, 4.69) is 5.32 Å². The fourth-order valence-corrected chi connectivity index (χ4v) is 0.701. The largest absolute Gasteiger partial charge is 0.392 e. The van der Waals surface area contributed by atoms with Crippen molar-refractivity contribution in [2.45, 2.75) is 19.4 Å². The molecule has 1 atom stereocenters. The van der Waals surface area contributed by atoms with Gasteiger partial charge in [0, 0.05) is 19.8 Å². The third-order valence-corrected chi connectivity index (χ3v) is 1.24. The van der Waals surface area contributed by atoms with Crippen molar-refractivity contribution >= 4 is 0 Å². The van der Waals surface area contributed by atoms with Gasteiger partial charge in [-0.15, -0.1) is 0 Å². The molecule has 62 valence electrons. The van der Waals surface area contributed by atoms with Gasteiger partial charge >= 0.3 is 0 Å². The van der Waals surface area contributed by atoms with Gasteiger partial charge in [-0.25, -0.2) is 0 Å². The maximum Gasteiger partial charge on any atom is 0.0686 e. The Morgan fingerprint density at radius 1 is 1.60 bits per heavy atom. The molecule has 0 fully saturated rings. The fourth-order valence-electron chi connectivity index (χ4n) is 0.701. The standard InChI is InChI=1S/C7H17NO2/c1-3-10-5-4-7(9)6-8-2/h7-9H,3-6H2,1-2H3. The zero-order valence-corrected chi connectivity index (χ0v) is 6.76. The molecule has 3 nitrogen and oxygen atoms in total. The number of ether oxygens (including phenoxy) is 1. The maximum atomic E-state index is 9.13. The number of likely N-dealkylation sites (N-methyl/N-ethyl adjacent to an activating group) is 1. The minimum absolute atomic E-state index is 0.267. The minimum atomic E-state index is -0.267. The Hall–Kier alpha value is -0.120. The van der Waals surface area contributed by atoms with Crippen molar-refractivity contribution < 1.29 is 9.84 Å². The van der Waals surface area contributed by atoms with E-state index < -0.39 is 0 Å². The first-order valence-electron chi connectivity index (χ1n) is 3.71. The highest BCUT2D eigenvalue weighted by molar-refractivity contribution is 4.55. The van der Waals surface area contributed by atoms with Crippen LogP contribution in [0.5, 0.6) is 0 Å². The molecular weight excluding hydrogens is 130 g/mol. The van der Waals surface area contributed by atoms with E-state index in [9.17, 15) is 0 Å². The van der Waals surface area contributed by atoms with Gasteiger partial charge in [0.1, 0.15) is 0 Å². The molecule has 0 aromatic carbocycles. The van der Waals surface area contributed by atoms with Crippen LogP contribution in [0.2, 0.25) is 0 Å². The van der Waals surface area contributed by atoms with E-state index in [0.717, 1.165) is 6.61 Å². The lowest BCUT2D eigenvalue weighted by atomic mass is 10.3. The van der Waals surface area contributed by atoms with Gasteiger partial charge in [-0.05, 0) is 20.4 Å². The van der Waals surface area contributed by atoms with Crippen LogP contribution < -0.4 is 5.32 Å². The molecule has 0 heterocycles.